The van der Waals surface area contributed by atoms with E-state index in [-0.39, 0.29) is 30.7 Å². The molecule has 8 heteroatoms. The molecule has 2 fully saturated rings. The fraction of sp³-hybridized carbons (Fsp3) is 0.550. The van der Waals surface area contributed by atoms with E-state index in [1.54, 1.807) is 29.2 Å². The lowest BCUT2D eigenvalue weighted by molar-refractivity contribution is -0.187. The first-order chi connectivity index (χ1) is 13.4. The van der Waals surface area contributed by atoms with Crippen LogP contribution < -0.4 is 10.2 Å². The summed E-state index contributed by atoms with van der Waals surface area (Å²) >= 11 is 0. The Hall–Kier alpha value is -2.45. The van der Waals surface area contributed by atoms with Crippen molar-refractivity contribution >= 4 is 29.1 Å². The molecule has 28 heavy (non-hydrogen) atoms. The lowest BCUT2D eigenvalue weighted by Crippen LogP contribution is -2.48. The molecule has 2 saturated heterocycles. The quantitative estimate of drug-likeness (QED) is 0.829. The van der Waals surface area contributed by atoms with E-state index in [1.165, 1.54) is 13.8 Å². The number of anilines is 2. The van der Waals surface area contributed by atoms with E-state index in [0.29, 0.717) is 50.5 Å². The third-order valence-corrected chi connectivity index (χ3v) is 5.10. The van der Waals surface area contributed by atoms with Crippen LogP contribution in [-0.2, 0) is 23.9 Å². The van der Waals surface area contributed by atoms with Crippen molar-refractivity contribution < 1.29 is 23.9 Å². The Kier molecular flexibility index (Phi) is 6.31. The number of carbonyl (C=O) groups is 3. The van der Waals surface area contributed by atoms with Gasteiger partial charge >= 0.3 is 0 Å². The average molecular weight is 389 g/mol. The van der Waals surface area contributed by atoms with Gasteiger partial charge in [0.15, 0.2) is 5.79 Å². The van der Waals surface area contributed by atoms with Crippen molar-refractivity contribution in [3.8, 4) is 0 Å². The Bertz CT molecular complexity index is 735. The highest BCUT2D eigenvalue weighted by Crippen LogP contribution is 2.31. The second kappa shape index (κ2) is 8.70. The molecule has 152 valence electrons. The molecule has 2 aliphatic rings. The fourth-order valence-electron chi connectivity index (χ4n) is 3.67. The van der Waals surface area contributed by atoms with Crippen molar-refractivity contribution in [2.45, 2.75) is 38.9 Å². The van der Waals surface area contributed by atoms with Gasteiger partial charge < -0.3 is 24.6 Å². The number of hydrogen-bond donors (Lipinski definition) is 1. The number of nitrogens with one attached hydrogen (secondary N) is 1. The number of piperidine rings is 1. The van der Waals surface area contributed by atoms with E-state index in [1.807, 2.05) is 4.90 Å². The zero-order valence-electron chi connectivity index (χ0n) is 16.4. The van der Waals surface area contributed by atoms with Crippen LogP contribution in [0.25, 0.3) is 0 Å². The van der Waals surface area contributed by atoms with E-state index in [4.69, 9.17) is 9.47 Å². The number of nitrogens with zero attached hydrogens (tertiary/aromatic N) is 2. The highest BCUT2D eigenvalue weighted by atomic mass is 16.7. The number of rotatable bonds is 5. The van der Waals surface area contributed by atoms with E-state index < -0.39 is 5.79 Å². The largest absolute Gasteiger partial charge is 0.347 e. The van der Waals surface area contributed by atoms with Crippen molar-refractivity contribution in [1.82, 2.24) is 4.90 Å². The van der Waals surface area contributed by atoms with Gasteiger partial charge in [-0.3, -0.25) is 14.4 Å². The minimum atomic E-state index is -0.508. The Morgan fingerprint density at radius 1 is 1.14 bits per heavy atom. The Labute approximate surface area is 164 Å². The number of ether oxygens (including phenoxy) is 2. The van der Waals surface area contributed by atoms with Crippen molar-refractivity contribution in [3.05, 3.63) is 24.3 Å². The van der Waals surface area contributed by atoms with Gasteiger partial charge in [-0.05, 0) is 18.2 Å². The maximum atomic E-state index is 12.6. The summed E-state index contributed by atoms with van der Waals surface area (Å²) in [7, 11) is 0. The molecule has 1 spiro atoms. The SMILES string of the molecule is CC(=O)Nc1cccc(N(CCC(=O)N2CCC3(CC2)OCCO3)C(C)=O)c1. The number of hydrogen-bond acceptors (Lipinski definition) is 5. The lowest BCUT2D eigenvalue weighted by atomic mass is 10.0. The molecule has 2 aliphatic heterocycles. The summed E-state index contributed by atoms with van der Waals surface area (Å²) in [4.78, 5) is 39.4. The molecule has 3 amide bonds. The highest BCUT2D eigenvalue weighted by Gasteiger charge is 2.40. The van der Waals surface area contributed by atoms with Crippen LogP contribution in [0.1, 0.15) is 33.1 Å². The van der Waals surface area contributed by atoms with E-state index in [0.717, 1.165) is 0 Å². The smallest absolute Gasteiger partial charge is 0.224 e. The predicted molar refractivity (Wildman–Crippen MR) is 104 cm³/mol. The lowest BCUT2D eigenvalue weighted by Gasteiger charge is -2.37. The Morgan fingerprint density at radius 2 is 1.82 bits per heavy atom. The van der Waals surface area contributed by atoms with Gasteiger partial charge in [-0.2, -0.15) is 0 Å². The molecule has 0 aromatic heterocycles. The first-order valence-corrected chi connectivity index (χ1v) is 9.60. The average Bonchev–Trinajstić information content (AvgIpc) is 3.10. The summed E-state index contributed by atoms with van der Waals surface area (Å²) in [5.41, 5.74) is 1.26. The molecule has 1 aromatic rings. The van der Waals surface area contributed by atoms with Crippen LogP contribution in [0.2, 0.25) is 0 Å². The Morgan fingerprint density at radius 3 is 2.43 bits per heavy atom. The van der Waals surface area contributed by atoms with Gasteiger partial charge in [-0.15, -0.1) is 0 Å². The van der Waals surface area contributed by atoms with Crippen LogP contribution in [0.15, 0.2) is 24.3 Å². The molecule has 0 unspecified atom stereocenters. The topological polar surface area (TPSA) is 88.2 Å². The fourth-order valence-corrected chi connectivity index (χ4v) is 3.67. The number of likely N-dealkylation sites (tertiary alicyclic amines) is 1. The second-order valence-corrected chi connectivity index (χ2v) is 7.14. The normalized spacial score (nSPS) is 18.1. The molecular formula is C20H27N3O5. The van der Waals surface area contributed by atoms with E-state index in [9.17, 15) is 14.4 Å². The molecule has 0 atom stereocenters. The number of amides is 3. The first kappa shape index (κ1) is 20.3. The van der Waals surface area contributed by atoms with Crippen LogP contribution >= 0.6 is 0 Å². The summed E-state index contributed by atoms with van der Waals surface area (Å²) in [6.45, 7) is 5.59. The summed E-state index contributed by atoms with van der Waals surface area (Å²) in [5.74, 6) is -0.832. The second-order valence-electron chi connectivity index (χ2n) is 7.14. The van der Waals surface area contributed by atoms with Crippen LogP contribution in [0.4, 0.5) is 11.4 Å². The first-order valence-electron chi connectivity index (χ1n) is 9.60. The van der Waals surface area contributed by atoms with Crippen molar-refractivity contribution in [2.24, 2.45) is 0 Å². The summed E-state index contributed by atoms with van der Waals surface area (Å²) < 4.78 is 11.4. The van der Waals surface area contributed by atoms with Gasteiger partial charge in [0.25, 0.3) is 0 Å². The van der Waals surface area contributed by atoms with Crippen LogP contribution in [0.3, 0.4) is 0 Å². The maximum absolute atomic E-state index is 12.6. The van der Waals surface area contributed by atoms with Crippen molar-refractivity contribution in [3.63, 3.8) is 0 Å². The third-order valence-electron chi connectivity index (χ3n) is 5.10. The van der Waals surface area contributed by atoms with Gasteiger partial charge in [-0.1, -0.05) is 6.07 Å². The number of benzene rings is 1. The maximum Gasteiger partial charge on any atom is 0.224 e. The zero-order valence-corrected chi connectivity index (χ0v) is 16.4. The molecule has 0 aliphatic carbocycles. The molecule has 1 N–H and O–H groups in total. The van der Waals surface area contributed by atoms with Gasteiger partial charge in [0.1, 0.15) is 0 Å². The minimum Gasteiger partial charge on any atom is -0.347 e. The van der Waals surface area contributed by atoms with E-state index in [2.05, 4.69) is 5.32 Å². The molecule has 3 rings (SSSR count). The molecule has 2 heterocycles. The van der Waals surface area contributed by atoms with E-state index >= 15 is 0 Å². The van der Waals surface area contributed by atoms with Gasteiger partial charge in [0.2, 0.25) is 17.7 Å². The van der Waals surface area contributed by atoms with Crippen molar-refractivity contribution in [2.75, 3.05) is 43.1 Å². The van der Waals surface area contributed by atoms with Crippen LogP contribution in [-0.4, -0.2) is 61.3 Å². The molecule has 0 saturated carbocycles. The van der Waals surface area contributed by atoms with Gasteiger partial charge in [0, 0.05) is 64.1 Å². The predicted octanol–water partition coefficient (Wildman–Crippen LogP) is 1.75. The zero-order chi connectivity index (χ0) is 20.1. The molecule has 1 aromatic carbocycles. The molecule has 0 radical (unpaired) electrons. The standard InChI is InChI=1S/C20H27N3O5/c1-15(24)21-17-4-3-5-18(14-17)23(16(2)25)9-6-19(26)22-10-7-20(8-11-22)27-12-13-28-20/h3-5,14H,6-13H2,1-2H3,(H,21,24). The number of carbonyl (C=O) groups excluding carboxylic acids is 3. The monoisotopic (exact) mass is 389 g/mol. The molecule has 0 bridgehead atoms. The molecule has 8 nitrogen and oxygen atoms in total. The summed E-state index contributed by atoms with van der Waals surface area (Å²) in [6, 6.07) is 7.04. The molecular weight excluding hydrogens is 362 g/mol. The van der Waals surface area contributed by atoms with Crippen LogP contribution in [0.5, 0.6) is 0 Å². The summed E-state index contributed by atoms with van der Waals surface area (Å²) in [6.07, 6.45) is 1.58. The minimum absolute atomic E-state index is 0.0112. The van der Waals surface area contributed by atoms with Gasteiger partial charge in [0.05, 0.1) is 13.2 Å². The highest BCUT2D eigenvalue weighted by molar-refractivity contribution is 5.94. The van der Waals surface area contributed by atoms with Crippen molar-refractivity contribution in [1.29, 1.82) is 0 Å². The van der Waals surface area contributed by atoms with Gasteiger partial charge in [-0.25, -0.2) is 0 Å². The summed E-state index contributed by atoms with van der Waals surface area (Å²) in [5, 5.41) is 2.70. The van der Waals surface area contributed by atoms with Crippen LogP contribution in [0, 0.1) is 0 Å². The third kappa shape index (κ3) is 4.88. The Balaban J connectivity index is 1.57.